The van der Waals surface area contributed by atoms with Crippen LogP contribution in [0.4, 0.5) is 0 Å². The first kappa shape index (κ1) is 98.5. The highest BCUT2D eigenvalue weighted by Gasteiger charge is 2.30. The highest BCUT2D eigenvalue weighted by molar-refractivity contribution is 7.47. The number of hydrogen-bond acceptors (Lipinski definition) is 15. The van der Waals surface area contributed by atoms with Crippen molar-refractivity contribution in [1.29, 1.82) is 0 Å². The number of aliphatic hydroxyl groups excluding tert-OH is 1. The summed E-state index contributed by atoms with van der Waals surface area (Å²) in [4.78, 5) is 73.0. The third-order valence-corrected chi connectivity index (χ3v) is 20.9. The minimum absolute atomic E-state index is 0.102. The molecule has 0 saturated heterocycles. The molecule has 0 rings (SSSR count). The average Bonchev–Trinajstić information content (AvgIpc) is 1.13. The number of hydrogen-bond donors (Lipinski definition) is 3. The standard InChI is InChI=1S/C82H156O17P2/c1-6-10-13-16-19-22-25-27-29-30-31-32-33-34-35-37-39-41-47-52-57-62-67-81(86)98-78(72-93-80(85)66-61-56-51-46-40-38-36-28-26-23-20-17-14-11-7-2)74-97-101(90,91)95-70-76(83)69-94-100(88,89)96-73-77(71-92-79(84)65-60-55-50-45-24-21-18-15-12-8-3)99-82(87)68-63-58-53-48-43-42-44-49-54-59-64-75(5)9-4/h23,26,28,36,75-78,83H,6-22,24-25,27,29-35,37-74H2,1-5H3,(H,88,89)(H,90,91)/b26-23-,36-28-/t75?,76-,77+,78+/m0/s1. The molecular weight excluding hydrogens is 1320 g/mol. The Morgan fingerprint density at radius 1 is 0.317 bits per heavy atom. The molecule has 0 saturated carbocycles. The van der Waals surface area contributed by atoms with Crippen LogP contribution < -0.4 is 0 Å². The zero-order valence-corrected chi connectivity index (χ0v) is 67.3. The lowest BCUT2D eigenvalue weighted by Crippen LogP contribution is -2.30. The Morgan fingerprint density at radius 2 is 0.554 bits per heavy atom. The van der Waals surface area contributed by atoms with E-state index in [4.69, 9.17) is 37.0 Å². The quantitative estimate of drug-likeness (QED) is 0.0169. The van der Waals surface area contributed by atoms with Gasteiger partial charge in [-0.2, -0.15) is 0 Å². The minimum atomic E-state index is -4.97. The minimum Gasteiger partial charge on any atom is -0.462 e. The predicted molar refractivity (Wildman–Crippen MR) is 414 cm³/mol. The number of phosphoric ester groups is 2. The molecule has 0 aromatic heterocycles. The monoisotopic (exact) mass is 1480 g/mol. The summed E-state index contributed by atoms with van der Waals surface area (Å²) in [5.41, 5.74) is 0. The first-order valence-electron chi connectivity index (χ1n) is 42.0. The topological polar surface area (TPSA) is 237 Å². The van der Waals surface area contributed by atoms with Crippen LogP contribution in [0.15, 0.2) is 24.3 Å². The van der Waals surface area contributed by atoms with E-state index in [0.29, 0.717) is 25.7 Å². The predicted octanol–water partition coefficient (Wildman–Crippen LogP) is 24.4. The van der Waals surface area contributed by atoms with Crippen LogP contribution in [0.2, 0.25) is 0 Å². The molecule has 3 N–H and O–H groups in total. The third kappa shape index (κ3) is 74.2. The lowest BCUT2D eigenvalue weighted by atomic mass is 9.99. The van der Waals surface area contributed by atoms with E-state index in [1.165, 1.54) is 218 Å². The second-order valence-corrected chi connectivity index (χ2v) is 32.0. The maximum atomic E-state index is 13.1. The number of esters is 4. The second kappa shape index (κ2) is 74.4. The van der Waals surface area contributed by atoms with Gasteiger partial charge in [-0.3, -0.25) is 37.3 Å². The maximum absolute atomic E-state index is 13.1. The highest BCUT2D eigenvalue weighted by Crippen LogP contribution is 2.45. The highest BCUT2D eigenvalue weighted by atomic mass is 31.2. The zero-order chi connectivity index (χ0) is 74.1. The van der Waals surface area contributed by atoms with Crippen molar-refractivity contribution in [3.05, 3.63) is 24.3 Å². The van der Waals surface area contributed by atoms with Crippen LogP contribution in [-0.4, -0.2) is 96.7 Å². The molecule has 3 unspecified atom stereocenters. The van der Waals surface area contributed by atoms with Gasteiger partial charge < -0.3 is 33.8 Å². The largest absolute Gasteiger partial charge is 0.472 e. The van der Waals surface area contributed by atoms with Crippen LogP contribution >= 0.6 is 15.6 Å². The molecule has 6 atom stereocenters. The van der Waals surface area contributed by atoms with E-state index in [1.807, 2.05) is 0 Å². The van der Waals surface area contributed by atoms with Crippen LogP contribution in [0.25, 0.3) is 0 Å². The zero-order valence-electron chi connectivity index (χ0n) is 65.5. The molecule has 0 aromatic carbocycles. The third-order valence-electron chi connectivity index (χ3n) is 19.0. The molecular formula is C82H156O17P2. The van der Waals surface area contributed by atoms with Gasteiger partial charge in [-0.15, -0.1) is 0 Å². The van der Waals surface area contributed by atoms with Crippen molar-refractivity contribution in [3.8, 4) is 0 Å². The first-order chi connectivity index (χ1) is 49.1. The van der Waals surface area contributed by atoms with Gasteiger partial charge in [0.15, 0.2) is 12.2 Å². The smallest absolute Gasteiger partial charge is 0.462 e. The molecule has 0 bridgehead atoms. The molecule has 0 aliphatic carbocycles. The fourth-order valence-electron chi connectivity index (χ4n) is 12.2. The van der Waals surface area contributed by atoms with Gasteiger partial charge in [0.1, 0.15) is 19.3 Å². The summed E-state index contributed by atoms with van der Waals surface area (Å²) in [5, 5.41) is 10.6. The van der Waals surface area contributed by atoms with Crippen LogP contribution in [0.1, 0.15) is 413 Å². The molecule has 17 nitrogen and oxygen atoms in total. The lowest BCUT2D eigenvalue weighted by Gasteiger charge is -2.21. The van der Waals surface area contributed by atoms with Crippen molar-refractivity contribution in [2.24, 2.45) is 5.92 Å². The molecule has 0 radical (unpaired) electrons. The van der Waals surface area contributed by atoms with Gasteiger partial charge >= 0.3 is 39.5 Å². The Hall–Kier alpha value is -2.46. The molecule has 0 amide bonds. The Bertz CT molecular complexity index is 2020. The normalized spacial score (nSPS) is 14.3. The lowest BCUT2D eigenvalue weighted by molar-refractivity contribution is -0.161. The number of aliphatic hydroxyl groups is 1. The van der Waals surface area contributed by atoms with Crippen LogP contribution in [0, 0.1) is 5.92 Å². The van der Waals surface area contributed by atoms with Crippen molar-refractivity contribution in [2.45, 2.75) is 432 Å². The van der Waals surface area contributed by atoms with E-state index in [-0.39, 0.29) is 25.7 Å². The molecule has 0 fully saturated rings. The van der Waals surface area contributed by atoms with Gasteiger partial charge in [0, 0.05) is 25.7 Å². The molecule has 0 aliphatic rings. The van der Waals surface area contributed by atoms with E-state index in [0.717, 1.165) is 115 Å². The summed E-state index contributed by atoms with van der Waals surface area (Å²) in [7, 11) is -9.93. The summed E-state index contributed by atoms with van der Waals surface area (Å²) in [6, 6.07) is 0. The van der Waals surface area contributed by atoms with Crippen LogP contribution in [0.5, 0.6) is 0 Å². The van der Waals surface area contributed by atoms with Gasteiger partial charge in [0.25, 0.3) is 0 Å². The molecule has 101 heavy (non-hydrogen) atoms. The van der Waals surface area contributed by atoms with Crippen molar-refractivity contribution in [1.82, 2.24) is 0 Å². The fourth-order valence-corrected chi connectivity index (χ4v) is 13.8. The number of carbonyl (C=O) groups is 4. The van der Waals surface area contributed by atoms with Gasteiger partial charge in [-0.1, -0.05) is 361 Å². The van der Waals surface area contributed by atoms with Gasteiger partial charge in [0.05, 0.1) is 26.4 Å². The number of phosphoric acid groups is 2. The molecule has 0 aliphatic heterocycles. The second-order valence-electron chi connectivity index (χ2n) is 29.1. The van der Waals surface area contributed by atoms with Crippen molar-refractivity contribution < 1.29 is 80.2 Å². The van der Waals surface area contributed by atoms with Crippen molar-refractivity contribution >= 4 is 39.5 Å². The van der Waals surface area contributed by atoms with E-state index >= 15 is 0 Å². The van der Waals surface area contributed by atoms with Gasteiger partial charge in [-0.05, 0) is 57.3 Å². The SMILES string of the molecule is CCCCCC/C=C\C=C/CCCCCCCC(=O)OC[C@H](COP(=O)(O)OC[C@@H](O)COP(=O)(O)OC[C@@H](COC(=O)CCCCCCCCCCCC)OC(=O)CCCCCCCCCCCCC(C)CC)OC(=O)CCCCCCCCCCCCCCCCCCCCCCCC. The Kier molecular flexibility index (Phi) is 72.6. The summed E-state index contributed by atoms with van der Waals surface area (Å²) in [5.74, 6) is -1.34. The Labute approximate surface area is 618 Å². The average molecular weight is 1480 g/mol. The van der Waals surface area contributed by atoms with Crippen LogP contribution in [0.3, 0.4) is 0 Å². The number of rotatable bonds is 80. The van der Waals surface area contributed by atoms with Gasteiger partial charge in [0.2, 0.25) is 0 Å². The molecule has 0 heterocycles. The van der Waals surface area contributed by atoms with Crippen molar-refractivity contribution in [3.63, 3.8) is 0 Å². The summed E-state index contributed by atoms with van der Waals surface area (Å²) in [6.45, 7) is 7.28. The summed E-state index contributed by atoms with van der Waals surface area (Å²) >= 11 is 0. The number of ether oxygens (including phenoxy) is 4. The van der Waals surface area contributed by atoms with Gasteiger partial charge in [-0.25, -0.2) is 9.13 Å². The summed E-state index contributed by atoms with van der Waals surface area (Å²) in [6.07, 6.45) is 68.8. The molecule has 596 valence electrons. The van der Waals surface area contributed by atoms with Crippen molar-refractivity contribution in [2.75, 3.05) is 39.6 Å². The molecule has 0 spiro atoms. The molecule has 19 heteroatoms. The van der Waals surface area contributed by atoms with E-state index in [9.17, 15) is 43.2 Å². The Balaban J connectivity index is 5.24. The fraction of sp³-hybridized carbons (Fsp3) is 0.902. The maximum Gasteiger partial charge on any atom is 0.472 e. The van der Waals surface area contributed by atoms with Crippen LogP contribution in [-0.2, 0) is 65.4 Å². The summed E-state index contributed by atoms with van der Waals surface area (Å²) < 4.78 is 68.7. The van der Waals surface area contributed by atoms with E-state index < -0.39 is 97.5 Å². The Morgan fingerprint density at radius 3 is 0.842 bits per heavy atom. The number of allylic oxidation sites excluding steroid dienone is 4. The van der Waals surface area contributed by atoms with E-state index in [2.05, 4.69) is 58.9 Å². The van der Waals surface area contributed by atoms with E-state index in [1.54, 1.807) is 0 Å². The first-order valence-corrected chi connectivity index (χ1v) is 45.0. The number of carbonyl (C=O) groups excluding carboxylic acids is 4. The number of unbranched alkanes of at least 4 members (excludes halogenated alkanes) is 48. The molecule has 0 aromatic rings.